The number of rotatable bonds is 14. The van der Waals surface area contributed by atoms with Gasteiger partial charge in [0.25, 0.3) is 0 Å². The zero-order valence-corrected chi connectivity index (χ0v) is 61.3. The monoisotopic (exact) mass is 1530 g/mol. The number of phenols is 2. The molecule has 19 N–H and O–H groups in total. The lowest BCUT2D eigenvalue weighted by atomic mass is 9.54. The van der Waals surface area contributed by atoms with Gasteiger partial charge in [-0.1, -0.05) is 69.8 Å². The number of phenolic OH excluding ortho intramolecular Hbond substituents is 2. The highest BCUT2D eigenvalue weighted by atomic mass is 35.5. The normalized spacial score (nSPS) is 29.8. The average Bonchev–Trinajstić information content (AvgIpc) is 0.783. The van der Waals surface area contributed by atoms with Gasteiger partial charge in [-0.2, -0.15) is 0 Å². The number of imide groups is 1. The fraction of sp³-hybridized carbons (Fsp3) is 0.494. The van der Waals surface area contributed by atoms with Crippen LogP contribution < -0.4 is 73.1 Å². The molecule has 16 rings (SSSR count). The highest BCUT2D eigenvalue weighted by Gasteiger charge is 2.52. The van der Waals surface area contributed by atoms with Gasteiger partial charge in [0.1, 0.15) is 95.9 Å². The topological polar surface area (TPSA) is 478 Å². The van der Waals surface area contributed by atoms with Crippen LogP contribution in [0.1, 0.15) is 167 Å². The van der Waals surface area contributed by atoms with Crippen molar-refractivity contribution in [3.63, 3.8) is 0 Å². The quantitative estimate of drug-likeness (QED) is 0.0706. The Morgan fingerprint density at radius 1 is 0.651 bits per heavy atom. The summed E-state index contributed by atoms with van der Waals surface area (Å²) >= 11 is 7.17. The lowest BCUT2D eigenvalue weighted by Crippen LogP contribution is -2.61. The summed E-state index contributed by atoms with van der Waals surface area (Å²) in [5, 5.41) is 110. The smallest absolute Gasteiger partial charge is 0.321 e. The maximum absolute atomic E-state index is 16.4. The maximum Gasteiger partial charge on any atom is 0.321 e. The van der Waals surface area contributed by atoms with E-state index in [0.717, 1.165) is 63.5 Å². The molecule has 11 aliphatic rings. The Hall–Kier alpha value is -9.70. The number of halogens is 1. The van der Waals surface area contributed by atoms with Crippen molar-refractivity contribution in [1.82, 2.24) is 53.2 Å². The summed E-state index contributed by atoms with van der Waals surface area (Å²) in [5.74, 6) is -10.8. The summed E-state index contributed by atoms with van der Waals surface area (Å²) in [6.45, 7) is 7.38. The molecule has 4 aliphatic carbocycles. The molecule has 5 aromatic carbocycles. The van der Waals surface area contributed by atoms with E-state index < -0.39 is 174 Å². The van der Waals surface area contributed by atoms with E-state index in [9.17, 15) is 50.1 Å². The van der Waals surface area contributed by atoms with Gasteiger partial charge in [-0.15, -0.1) is 0 Å². The second-order valence-electron chi connectivity index (χ2n) is 30.4. The van der Waals surface area contributed by atoms with Crippen molar-refractivity contribution in [2.45, 2.75) is 196 Å². The van der Waals surface area contributed by atoms with Gasteiger partial charge in [0.2, 0.25) is 59.3 Å². The number of hydrogen-bond acceptors (Lipinski definition) is 22. The van der Waals surface area contributed by atoms with E-state index in [2.05, 4.69) is 53.2 Å². The predicted molar refractivity (Wildman–Crippen MR) is 389 cm³/mol. The Labute approximate surface area is 631 Å². The van der Waals surface area contributed by atoms with Gasteiger partial charge in [0.05, 0.1) is 23.5 Å². The Kier molecular flexibility index (Phi) is 22.8. The number of carbonyl (C=O) groups excluding carboxylic acids is 9. The Morgan fingerprint density at radius 2 is 1.30 bits per heavy atom. The molecule has 0 radical (unpaired) electrons. The first-order chi connectivity index (χ1) is 52.0. The lowest BCUT2D eigenvalue weighted by molar-refractivity contribution is -0.277. The van der Waals surface area contributed by atoms with E-state index in [1.807, 2.05) is 20.8 Å². The number of aryl methyl sites for hydroxylation is 1. The number of carbonyl (C=O) groups is 9. The number of fused-ring (bicyclic) bond motifs is 16. The van der Waals surface area contributed by atoms with Gasteiger partial charge in [0, 0.05) is 23.7 Å². The molecule has 582 valence electrons. The summed E-state index contributed by atoms with van der Waals surface area (Å²) in [5.41, 5.74) is 6.31. The van der Waals surface area contributed by atoms with E-state index >= 15 is 28.8 Å². The Bertz CT molecular complexity index is 4380. The van der Waals surface area contributed by atoms with Crippen LogP contribution in [0.2, 0.25) is 5.02 Å². The molecule has 1 unspecified atom stereocenters. The van der Waals surface area contributed by atoms with Crippen LogP contribution in [0.4, 0.5) is 4.79 Å². The first kappa shape index (κ1) is 77.5. The number of aliphatic hydroxyl groups excluding tert-OH is 5. The van der Waals surface area contributed by atoms with Gasteiger partial charge in [0.15, 0.2) is 11.5 Å². The predicted octanol–water partition coefficient (Wildman–Crippen LogP) is 3.62. The van der Waals surface area contributed by atoms with Crippen LogP contribution in [0, 0.1) is 36.5 Å². The van der Waals surface area contributed by atoms with Crippen molar-refractivity contribution < 1.29 is 97.8 Å². The number of amides is 10. The number of aliphatic hydroxyl groups is 5. The second-order valence-corrected chi connectivity index (χ2v) is 30.8. The second kappa shape index (κ2) is 32.1. The van der Waals surface area contributed by atoms with Crippen molar-refractivity contribution in [1.29, 1.82) is 0 Å². The molecule has 4 saturated carbocycles. The maximum atomic E-state index is 16.4. The number of hydrogen-bond donors (Lipinski definition) is 18. The van der Waals surface area contributed by atoms with E-state index in [0.29, 0.717) is 18.3 Å². The Morgan fingerprint density at radius 3 is 1.98 bits per heavy atom. The first-order valence-electron chi connectivity index (χ1n) is 37.0. The van der Waals surface area contributed by atoms with E-state index in [-0.39, 0.29) is 109 Å². The summed E-state index contributed by atoms with van der Waals surface area (Å²) in [7, 11) is 1.49. The van der Waals surface area contributed by atoms with Crippen LogP contribution >= 0.6 is 11.6 Å². The number of ether oxygens (including phenoxy) is 4. The zero-order valence-electron chi connectivity index (χ0n) is 60.5. The minimum atomic E-state index is -2.27. The van der Waals surface area contributed by atoms with E-state index in [1.165, 1.54) is 73.8 Å². The molecule has 5 fully saturated rings. The van der Waals surface area contributed by atoms with Gasteiger partial charge in [-0.25, -0.2) is 4.79 Å². The SMILES string of the molecule is CCCCCCNC(=O)NC(=O)C[C@@H]1NC(=O)[C@H](NC(=O)[C@@H](CC(C)C)NC)[C@H](O)c2ccc3c(c2)C(N)[C@H]2O[C@@H](Oc4c5cc(cc4O3)[C@@H](NC1=O)C(=O)N[C@H]1C(=O)N[C@H](C(=O)N[C@H](C(=O)NC3C4CC6CC(C4)CC3C6)c3cc(O)cc(C)c3-c3cc1ccc3O)[C@H](O)c1ccc(c(Cl)c1)O5)[C@H](O)[C@@H](O)[C@@H]2O. The van der Waals surface area contributed by atoms with E-state index in [4.69, 9.17) is 36.3 Å². The highest BCUT2D eigenvalue weighted by Crippen LogP contribution is 2.55. The molecule has 7 heterocycles. The standard InChI is InChI=1S/C77H92ClN11O20/c1-6-7-8-9-16-81-77(105)83-53(92)30-47-70(99)85-58-40-27-51-67(108-76-66(97)64(95)65(96)68(109-76)55(79)43-25-36(11-14-49(43)106-51)62(93)60(74(103)82-47)88-69(98)46(80-5)17-31(2)3)52(28-40)107-50-15-12-37(26-45(50)78)63(94)61-75(104)87-59(73(102)84-56-38-20-33-19-34(22-38)23-39(56)21-33)44-29-41(90)18-32(4)54(44)42-24-35(10-13-48(42)91)57(71(100)89-61)86-72(58)101/h10-15,18,24-29,31,33-34,38-39,46-47,55-66,68,76,80,90-91,93-97H,6-9,16-17,19-23,30,79H2,1-5H3,(H,82,103)(H,84,102)(H,85,99)(H,86,101)(H,87,104)(H,88,98)(H,89,100)(H2,81,83,92,105)/t33?,34?,38?,39?,46-,47+,55?,56?,57-,58-,59+,60-,61+,62-,63-,64+,65+,66-,68-,76-/m1/s1. The lowest BCUT2D eigenvalue weighted by Gasteiger charge is -2.54. The zero-order chi connectivity index (χ0) is 77.7. The molecule has 10 amide bonds. The number of aromatic hydroxyl groups is 2. The summed E-state index contributed by atoms with van der Waals surface area (Å²) in [4.78, 5) is 137. The van der Waals surface area contributed by atoms with Crippen LogP contribution in [0.5, 0.6) is 40.2 Å². The Balaban J connectivity index is 1.00. The molecule has 109 heavy (non-hydrogen) atoms. The molecule has 15 atom stereocenters. The van der Waals surface area contributed by atoms with Crippen LogP contribution in [-0.4, -0.2) is 164 Å². The molecule has 5 aromatic rings. The molecule has 32 heteroatoms. The third-order valence-electron chi connectivity index (χ3n) is 22.3. The number of nitrogens with two attached hydrogens (primary N) is 1. The number of unbranched alkanes of at least 4 members (excludes halogenated alkanes) is 3. The van der Waals surface area contributed by atoms with Crippen LogP contribution in [0.25, 0.3) is 11.1 Å². The first-order valence-corrected chi connectivity index (χ1v) is 37.4. The fourth-order valence-corrected chi connectivity index (χ4v) is 17.2. The molecule has 0 aromatic heterocycles. The third-order valence-corrected chi connectivity index (χ3v) is 22.6. The molecular formula is C77H92ClN11O20. The highest BCUT2D eigenvalue weighted by molar-refractivity contribution is 6.32. The van der Waals surface area contributed by atoms with Crippen LogP contribution in [0.15, 0.2) is 78.9 Å². The molecule has 18 bridgehead atoms. The van der Waals surface area contributed by atoms with Gasteiger partial charge in [-0.05, 0) is 188 Å². The minimum Gasteiger partial charge on any atom is -0.508 e. The molecule has 0 spiro atoms. The summed E-state index contributed by atoms with van der Waals surface area (Å²) in [6.07, 6.45) is -7.27. The van der Waals surface area contributed by atoms with Gasteiger partial charge >= 0.3 is 6.03 Å². The third kappa shape index (κ3) is 16.1. The van der Waals surface area contributed by atoms with Crippen LogP contribution in [-0.2, 0) is 43.1 Å². The van der Waals surface area contributed by atoms with Crippen LogP contribution in [0.3, 0.4) is 0 Å². The number of urea groups is 1. The molecule has 31 nitrogen and oxygen atoms in total. The van der Waals surface area contributed by atoms with Crippen molar-refractivity contribution in [2.24, 2.45) is 35.3 Å². The fourth-order valence-electron chi connectivity index (χ4n) is 16.9. The number of benzene rings is 5. The summed E-state index contributed by atoms with van der Waals surface area (Å²) in [6, 6.07) is -0.218. The van der Waals surface area contributed by atoms with Gasteiger partial charge < -0.3 is 108 Å². The largest absolute Gasteiger partial charge is 0.508 e. The average molecular weight is 1530 g/mol. The van der Waals surface area contributed by atoms with Crippen molar-refractivity contribution >= 4 is 64.9 Å². The molecular weight excluding hydrogens is 1430 g/mol. The van der Waals surface area contributed by atoms with Crippen molar-refractivity contribution in [3.05, 3.63) is 123 Å². The number of nitrogens with one attached hydrogen (secondary N) is 10. The van der Waals surface area contributed by atoms with Crippen molar-refractivity contribution in [2.75, 3.05) is 13.6 Å². The number of likely N-dealkylation sites (N-methyl/N-ethyl adjacent to an activating group) is 1. The summed E-state index contributed by atoms with van der Waals surface area (Å²) < 4.78 is 26.2. The minimum absolute atomic E-state index is 0.0221. The van der Waals surface area contributed by atoms with Gasteiger partial charge in [-0.3, -0.25) is 43.7 Å². The molecule has 1 saturated heterocycles. The van der Waals surface area contributed by atoms with Crippen molar-refractivity contribution in [3.8, 4) is 51.4 Å². The van der Waals surface area contributed by atoms with E-state index in [1.54, 1.807) is 6.92 Å². The molecule has 7 aliphatic heterocycles.